The van der Waals surface area contributed by atoms with Gasteiger partial charge in [0.25, 0.3) is 0 Å². The Morgan fingerprint density at radius 2 is 1.81 bits per heavy atom. The van der Waals surface area contributed by atoms with E-state index >= 15 is 0 Å². The summed E-state index contributed by atoms with van der Waals surface area (Å²) in [6, 6.07) is 14.5. The van der Waals surface area contributed by atoms with Crippen LogP contribution in [0.1, 0.15) is 65.1 Å². The van der Waals surface area contributed by atoms with Crippen LogP contribution in [0.2, 0.25) is 0 Å². The highest BCUT2D eigenvalue weighted by Gasteiger charge is 2.26. The number of nitrogens with one attached hydrogen (secondary N) is 2. The van der Waals surface area contributed by atoms with Gasteiger partial charge in [0.15, 0.2) is 0 Å². The Labute approximate surface area is 218 Å². The van der Waals surface area contributed by atoms with Gasteiger partial charge in [-0.25, -0.2) is 4.98 Å². The van der Waals surface area contributed by atoms with Gasteiger partial charge in [-0.15, -0.1) is 0 Å². The second-order valence-corrected chi connectivity index (χ2v) is 12.1. The highest BCUT2D eigenvalue weighted by atomic mass is 32.2. The molecule has 1 saturated carbocycles. The highest BCUT2D eigenvalue weighted by Crippen LogP contribution is 2.32. The van der Waals surface area contributed by atoms with Crippen LogP contribution in [0.25, 0.3) is 11.0 Å². The number of anilines is 2. The summed E-state index contributed by atoms with van der Waals surface area (Å²) in [6.07, 6.45) is 6.66. The summed E-state index contributed by atoms with van der Waals surface area (Å²) in [6.45, 7) is 9.48. The number of hydrogen-bond donors (Lipinski definition) is 2. The minimum absolute atomic E-state index is 0.0294. The third-order valence-corrected chi connectivity index (χ3v) is 8.16. The molecule has 3 aromatic rings. The summed E-state index contributed by atoms with van der Waals surface area (Å²) in [7, 11) is 0. The molecule has 2 aromatic carbocycles. The predicted molar refractivity (Wildman–Crippen MR) is 148 cm³/mol. The molecule has 1 saturated heterocycles. The van der Waals surface area contributed by atoms with Gasteiger partial charge in [0.2, 0.25) is 5.91 Å². The van der Waals surface area contributed by atoms with Gasteiger partial charge in [-0.1, -0.05) is 27.2 Å². The van der Waals surface area contributed by atoms with Crippen LogP contribution in [0.3, 0.4) is 0 Å². The lowest BCUT2D eigenvalue weighted by Gasteiger charge is -2.24. The van der Waals surface area contributed by atoms with Gasteiger partial charge in [-0.3, -0.25) is 4.79 Å². The van der Waals surface area contributed by atoms with Crippen LogP contribution in [-0.2, 0) is 21.5 Å². The first-order valence-electron chi connectivity index (χ1n) is 13.3. The number of carbonyl (C=O) groups excluding carboxylic acids is 1. The van der Waals surface area contributed by atoms with Crippen molar-refractivity contribution in [1.29, 1.82) is 0 Å². The van der Waals surface area contributed by atoms with Gasteiger partial charge in [0.05, 0.1) is 11.0 Å². The molecular weight excluding hydrogens is 468 g/mol. The number of benzene rings is 2. The molecule has 1 unspecified atom stereocenters. The van der Waals surface area contributed by atoms with Gasteiger partial charge in [0.1, 0.15) is 5.82 Å². The van der Waals surface area contributed by atoms with Crippen molar-refractivity contribution in [2.45, 2.75) is 76.2 Å². The smallest absolute Gasteiger partial charge is 0.227 e. The van der Waals surface area contributed by atoms with Crippen LogP contribution in [-0.4, -0.2) is 28.7 Å². The number of aromatic nitrogens is 2. The molecule has 2 fully saturated rings. The van der Waals surface area contributed by atoms with E-state index in [1.165, 1.54) is 18.4 Å². The summed E-state index contributed by atoms with van der Waals surface area (Å²) < 4.78 is 11.6. The molecule has 36 heavy (non-hydrogen) atoms. The largest absolute Gasteiger partial charge is 0.381 e. The molecule has 2 aliphatic rings. The zero-order chi connectivity index (χ0) is 25.1. The number of carbonyl (C=O) groups is 1. The van der Waals surface area contributed by atoms with Crippen LogP contribution >= 0.6 is 11.9 Å². The zero-order valence-corrected chi connectivity index (χ0v) is 22.5. The van der Waals surface area contributed by atoms with E-state index in [9.17, 15) is 4.79 Å². The summed E-state index contributed by atoms with van der Waals surface area (Å²) in [5, 5.41) is 3.03. The Morgan fingerprint density at radius 3 is 2.53 bits per heavy atom. The minimum atomic E-state index is -0.0294. The molecule has 2 N–H and O–H groups in total. The van der Waals surface area contributed by atoms with E-state index in [0.29, 0.717) is 5.92 Å². The lowest BCUT2D eigenvalue weighted by molar-refractivity contribution is -0.122. The molecule has 1 atom stereocenters. The van der Waals surface area contributed by atoms with E-state index in [-0.39, 0.29) is 17.2 Å². The number of hydrogen-bond acceptors (Lipinski definition) is 5. The summed E-state index contributed by atoms with van der Waals surface area (Å²) in [4.78, 5) is 18.4. The van der Waals surface area contributed by atoms with Gasteiger partial charge in [-0.05, 0) is 92.4 Å². The van der Waals surface area contributed by atoms with E-state index in [1.54, 1.807) is 11.9 Å². The number of ether oxygens (including phenoxy) is 1. The Morgan fingerprint density at radius 1 is 1.03 bits per heavy atom. The zero-order valence-electron chi connectivity index (χ0n) is 21.7. The summed E-state index contributed by atoms with van der Waals surface area (Å²) >= 11 is 1.57. The highest BCUT2D eigenvalue weighted by molar-refractivity contribution is 8.00. The van der Waals surface area contributed by atoms with E-state index in [4.69, 9.17) is 9.72 Å². The standard InChI is InChI=1S/C29H38N4O2S/c1-29(2,3)28-31-25-18-23(11-14-26(25)33(28)19-20-6-5-16-35-17-15-20)32-36-24-12-9-22(10-13-24)30-27(34)21-7-4-8-21/h9-14,18,20-21,32H,4-8,15-17,19H2,1-3H3,(H,30,34). The molecule has 0 spiro atoms. The van der Waals surface area contributed by atoms with Gasteiger partial charge in [-0.2, -0.15) is 0 Å². The lowest BCUT2D eigenvalue weighted by atomic mass is 9.85. The fourth-order valence-electron chi connectivity index (χ4n) is 5.00. The Balaban J connectivity index is 1.27. The van der Waals surface area contributed by atoms with Crippen molar-refractivity contribution < 1.29 is 9.53 Å². The molecule has 2 heterocycles. The second kappa shape index (κ2) is 10.9. The summed E-state index contributed by atoms with van der Waals surface area (Å²) in [5.41, 5.74) is 4.09. The first-order chi connectivity index (χ1) is 17.4. The molecular formula is C29H38N4O2S. The fourth-order valence-corrected chi connectivity index (χ4v) is 5.64. The lowest BCUT2D eigenvalue weighted by Crippen LogP contribution is -2.27. The van der Waals surface area contributed by atoms with E-state index in [1.807, 2.05) is 24.3 Å². The molecule has 1 aliphatic carbocycles. The van der Waals surface area contributed by atoms with E-state index < -0.39 is 0 Å². The van der Waals surface area contributed by atoms with E-state index in [0.717, 1.165) is 73.1 Å². The fraction of sp³-hybridized carbons (Fsp3) is 0.517. The molecule has 5 rings (SSSR count). The molecule has 0 radical (unpaired) electrons. The number of imidazole rings is 1. The quantitative estimate of drug-likeness (QED) is 0.337. The molecule has 1 aliphatic heterocycles. The average Bonchev–Trinajstić information content (AvgIpc) is 2.97. The molecule has 6 nitrogen and oxygen atoms in total. The molecule has 7 heteroatoms. The van der Waals surface area contributed by atoms with Crippen LogP contribution in [0.15, 0.2) is 47.4 Å². The first kappa shape index (κ1) is 25.2. The Bertz CT molecular complexity index is 1190. The predicted octanol–water partition coefficient (Wildman–Crippen LogP) is 7.01. The maximum absolute atomic E-state index is 12.2. The third-order valence-electron chi connectivity index (χ3n) is 7.32. The van der Waals surface area contributed by atoms with Crippen molar-refractivity contribution in [2.75, 3.05) is 23.3 Å². The maximum atomic E-state index is 12.2. The molecule has 1 aromatic heterocycles. The number of rotatable bonds is 7. The minimum Gasteiger partial charge on any atom is -0.381 e. The number of fused-ring (bicyclic) bond motifs is 1. The van der Waals surface area contributed by atoms with Crippen LogP contribution in [0.4, 0.5) is 11.4 Å². The van der Waals surface area contributed by atoms with E-state index in [2.05, 4.69) is 53.6 Å². The monoisotopic (exact) mass is 506 g/mol. The molecule has 192 valence electrons. The van der Waals surface area contributed by atoms with Crippen molar-refractivity contribution in [3.05, 3.63) is 48.3 Å². The number of amides is 1. The Kier molecular flexibility index (Phi) is 7.58. The van der Waals surface area contributed by atoms with Gasteiger partial charge >= 0.3 is 0 Å². The topological polar surface area (TPSA) is 68.2 Å². The Hall–Kier alpha value is -2.51. The van der Waals surface area contributed by atoms with Crippen LogP contribution in [0, 0.1) is 11.8 Å². The summed E-state index contributed by atoms with van der Waals surface area (Å²) in [5.74, 6) is 2.11. The van der Waals surface area contributed by atoms with Crippen LogP contribution in [0.5, 0.6) is 0 Å². The van der Waals surface area contributed by atoms with Crippen molar-refractivity contribution in [2.24, 2.45) is 11.8 Å². The van der Waals surface area contributed by atoms with Crippen LogP contribution < -0.4 is 10.0 Å². The first-order valence-corrected chi connectivity index (χ1v) is 14.1. The second-order valence-electron chi connectivity index (χ2n) is 11.3. The van der Waals surface area contributed by atoms with Gasteiger partial charge in [0, 0.05) is 47.4 Å². The van der Waals surface area contributed by atoms with Gasteiger partial charge < -0.3 is 19.3 Å². The average molecular weight is 507 g/mol. The van der Waals surface area contributed by atoms with Crippen molar-refractivity contribution in [3.8, 4) is 0 Å². The van der Waals surface area contributed by atoms with Crippen molar-refractivity contribution in [3.63, 3.8) is 0 Å². The SMILES string of the molecule is CC(C)(C)c1nc2cc(NSc3ccc(NC(=O)C4CCC4)cc3)ccc2n1CC1CCCOCC1. The third kappa shape index (κ3) is 5.89. The van der Waals surface area contributed by atoms with Crippen molar-refractivity contribution >= 4 is 40.3 Å². The molecule has 0 bridgehead atoms. The normalized spacial score (nSPS) is 19.0. The number of nitrogens with zero attached hydrogens (tertiary/aromatic N) is 2. The maximum Gasteiger partial charge on any atom is 0.227 e. The van der Waals surface area contributed by atoms with Crippen molar-refractivity contribution in [1.82, 2.24) is 9.55 Å². The molecule has 1 amide bonds.